The predicted octanol–water partition coefficient (Wildman–Crippen LogP) is 5.68. The Morgan fingerprint density at radius 3 is 2.39 bits per heavy atom. The van der Waals surface area contributed by atoms with Gasteiger partial charge in [-0.1, -0.05) is 82.4 Å². The second-order valence-electron chi connectivity index (χ2n) is 10.9. The highest BCUT2D eigenvalue weighted by atomic mass is 35.5. The number of rotatable bonds is 17. The second kappa shape index (κ2) is 14.9. The van der Waals surface area contributed by atoms with Crippen LogP contribution in [0.5, 0.6) is 0 Å². The SMILES string of the molecule is CCCCCCCCCCCCOC[C@@]12O[C@@H](CNC(=O)Cc3c(F)cccc3Cl)[C@@H](O)[C@@H]1OC(C)(C)O2. The molecule has 2 aliphatic heterocycles. The van der Waals surface area contributed by atoms with Crippen LogP contribution in [0.3, 0.4) is 0 Å². The molecule has 1 aromatic carbocycles. The van der Waals surface area contributed by atoms with Gasteiger partial charge in [-0.2, -0.15) is 0 Å². The third-order valence-electron chi connectivity index (χ3n) is 7.15. The molecule has 0 unspecified atom stereocenters. The summed E-state index contributed by atoms with van der Waals surface area (Å²) in [7, 11) is 0. The lowest BCUT2D eigenvalue weighted by atomic mass is 10.1. The lowest BCUT2D eigenvalue weighted by molar-refractivity contribution is -0.277. The Morgan fingerprint density at radius 1 is 1.08 bits per heavy atom. The van der Waals surface area contributed by atoms with Crippen LogP contribution in [0.25, 0.3) is 0 Å². The number of unbranched alkanes of at least 4 members (excludes halogenated alkanes) is 9. The maximum Gasteiger partial charge on any atom is 0.224 e. The van der Waals surface area contributed by atoms with Crippen molar-refractivity contribution in [1.29, 1.82) is 0 Å². The van der Waals surface area contributed by atoms with Crippen LogP contribution in [0.1, 0.15) is 90.5 Å². The molecule has 2 N–H and O–H groups in total. The second-order valence-corrected chi connectivity index (χ2v) is 11.3. The van der Waals surface area contributed by atoms with Crippen molar-refractivity contribution in [3.8, 4) is 0 Å². The number of carbonyl (C=O) groups is 1. The smallest absolute Gasteiger partial charge is 0.224 e. The molecule has 0 radical (unpaired) electrons. The van der Waals surface area contributed by atoms with Crippen LogP contribution < -0.4 is 5.32 Å². The highest BCUT2D eigenvalue weighted by Gasteiger charge is 2.64. The zero-order valence-corrected chi connectivity index (χ0v) is 23.9. The number of amides is 1. The highest BCUT2D eigenvalue weighted by molar-refractivity contribution is 6.31. The van der Waals surface area contributed by atoms with Gasteiger partial charge in [-0.3, -0.25) is 4.79 Å². The molecule has 0 aromatic heterocycles. The van der Waals surface area contributed by atoms with E-state index in [-0.39, 0.29) is 30.2 Å². The first-order valence-electron chi connectivity index (χ1n) is 14.2. The molecule has 2 saturated heterocycles. The summed E-state index contributed by atoms with van der Waals surface area (Å²) in [4.78, 5) is 12.4. The van der Waals surface area contributed by atoms with Gasteiger partial charge in [0.25, 0.3) is 0 Å². The van der Waals surface area contributed by atoms with E-state index in [0.29, 0.717) is 6.61 Å². The van der Waals surface area contributed by atoms with Gasteiger partial charge in [0.2, 0.25) is 11.7 Å². The zero-order valence-electron chi connectivity index (χ0n) is 23.1. The minimum Gasteiger partial charge on any atom is -0.387 e. The van der Waals surface area contributed by atoms with Crippen LogP contribution in [0.4, 0.5) is 4.39 Å². The minimum absolute atomic E-state index is 0.00984. The molecule has 0 bridgehead atoms. The van der Waals surface area contributed by atoms with Crippen molar-refractivity contribution >= 4 is 17.5 Å². The number of carbonyl (C=O) groups excluding carboxylic acids is 1. The van der Waals surface area contributed by atoms with Crippen molar-refractivity contribution in [2.45, 2.75) is 121 Å². The molecule has 2 fully saturated rings. The Labute approximate surface area is 231 Å². The molecule has 216 valence electrons. The van der Waals surface area contributed by atoms with E-state index < -0.39 is 41.6 Å². The average Bonchev–Trinajstić information content (AvgIpc) is 3.27. The summed E-state index contributed by atoms with van der Waals surface area (Å²) in [5.41, 5.74) is 0.127. The molecule has 7 nitrogen and oxygen atoms in total. The predicted molar refractivity (Wildman–Crippen MR) is 144 cm³/mol. The Morgan fingerprint density at radius 2 is 1.74 bits per heavy atom. The zero-order chi connectivity index (χ0) is 27.6. The Balaban J connectivity index is 1.40. The first-order chi connectivity index (χ1) is 18.2. The molecule has 1 amide bonds. The van der Waals surface area contributed by atoms with Crippen molar-refractivity contribution in [1.82, 2.24) is 5.32 Å². The summed E-state index contributed by atoms with van der Waals surface area (Å²) in [6, 6.07) is 4.28. The van der Waals surface area contributed by atoms with Gasteiger partial charge >= 0.3 is 0 Å². The summed E-state index contributed by atoms with van der Waals surface area (Å²) >= 11 is 6.03. The summed E-state index contributed by atoms with van der Waals surface area (Å²) < 4.78 is 38.1. The largest absolute Gasteiger partial charge is 0.387 e. The van der Waals surface area contributed by atoms with Crippen molar-refractivity contribution in [3.63, 3.8) is 0 Å². The number of benzene rings is 1. The third-order valence-corrected chi connectivity index (χ3v) is 7.50. The number of aliphatic hydroxyl groups is 1. The van der Waals surface area contributed by atoms with Crippen molar-refractivity contribution in [2.75, 3.05) is 19.8 Å². The number of nitrogens with one attached hydrogen (secondary N) is 1. The van der Waals surface area contributed by atoms with E-state index in [4.69, 9.17) is 30.5 Å². The lowest BCUT2D eigenvalue weighted by Gasteiger charge is -2.28. The number of ether oxygens (including phenoxy) is 4. The van der Waals surface area contributed by atoms with E-state index in [0.717, 1.165) is 12.8 Å². The third kappa shape index (κ3) is 8.86. The first-order valence-corrected chi connectivity index (χ1v) is 14.6. The number of aliphatic hydroxyl groups excluding tert-OH is 1. The van der Waals surface area contributed by atoms with Gasteiger partial charge in [-0.15, -0.1) is 0 Å². The summed E-state index contributed by atoms with van der Waals surface area (Å²) in [6.45, 7) is 6.46. The number of halogens is 2. The van der Waals surface area contributed by atoms with E-state index >= 15 is 0 Å². The molecule has 9 heteroatoms. The molecule has 0 spiro atoms. The van der Waals surface area contributed by atoms with Gasteiger partial charge < -0.3 is 29.4 Å². The molecule has 3 rings (SSSR count). The van der Waals surface area contributed by atoms with Crippen molar-refractivity contribution in [2.24, 2.45) is 0 Å². The van der Waals surface area contributed by atoms with Gasteiger partial charge in [0.05, 0.1) is 6.42 Å². The summed E-state index contributed by atoms with van der Waals surface area (Å²) in [5.74, 6) is -3.17. The van der Waals surface area contributed by atoms with E-state index in [1.165, 1.54) is 69.6 Å². The van der Waals surface area contributed by atoms with E-state index in [1.807, 2.05) is 0 Å². The Kier molecular flexibility index (Phi) is 12.3. The molecule has 0 saturated carbocycles. The van der Waals surface area contributed by atoms with Crippen LogP contribution in [0.15, 0.2) is 18.2 Å². The highest BCUT2D eigenvalue weighted by Crippen LogP contribution is 2.45. The lowest BCUT2D eigenvalue weighted by Crippen LogP contribution is -2.45. The number of hydrogen-bond acceptors (Lipinski definition) is 6. The van der Waals surface area contributed by atoms with Gasteiger partial charge in [0.1, 0.15) is 30.7 Å². The van der Waals surface area contributed by atoms with Gasteiger partial charge in [-0.05, 0) is 32.4 Å². The maximum absolute atomic E-state index is 14.0. The molecule has 38 heavy (non-hydrogen) atoms. The number of fused-ring (bicyclic) bond motifs is 1. The topological polar surface area (TPSA) is 86.3 Å². The van der Waals surface area contributed by atoms with Crippen LogP contribution in [0.2, 0.25) is 5.02 Å². The van der Waals surface area contributed by atoms with E-state index in [2.05, 4.69) is 12.2 Å². The molecule has 4 atom stereocenters. The maximum atomic E-state index is 14.0. The standard InChI is InChI=1S/C29H45ClFNO6/c1-4-5-6-7-8-9-10-11-12-13-17-35-20-29-27(37-28(2,3)38-29)26(34)24(36-29)19-32-25(33)18-21-22(30)15-14-16-23(21)31/h14-16,24,26-27,34H,4-13,17-20H2,1-3H3,(H,32,33)/t24-,26+,27-,29-/m0/s1. The monoisotopic (exact) mass is 557 g/mol. The van der Waals surface area contributed by atoms with Crippen LogP contribution in [0, 0.1) is 5.82 Å². The molecular weight excluding hydrogens is 513 g/mol. The fraction of sp³-hybridized carbons (Fsp3) is 0.759. The first kappa shape index (κ1) is 31.2. The Hall–Kier alpha value is -1.29. The number of hydrogen-bond donors (Lipinski definition) is 2. The fourth-order valence-electron chi connectivity index (χ4n) is 5.19. The fourth-order valence-corrected chi connectivity index (χ4v) is 5.42. The quantitative estimate of drug-likeness (QED) is 0.240. The van der Waals surface area contributed by atoms with Crippen LogP contribution >= 0.6 is 11.6 Å². The molecular formula is C29H45ClFNO6. The summed E-state index contributed by atoms with van der Waals surface area (Å²) in [6.07, 6.45) is 9.68. The van der Waals surface area contributed by atoms with Gasteiger partial charge in [-0.25, -0.2) is 4.39 Å². The van der Waals surface area contributed by atoms with Crippen molar-refractivity contribution in [3.05, 3.63) is 34.6 Å². The van der Waals surface area contributed by atoms with Gasteiger partial charge in [0.15, 0.2) is 5.79 Å². The molecule has 2 aliphatic rings. The molecule has 1 aromatic rings. The normalized spacial score (nSPS) is 26.0. The minimum atomic E-state index is -1.26. The molecule has 0 aliphatic carbocycles. The van der Waals surface area contributed by atoms with Crippen LogP contribution in [-0.2, 0) is 30.2 Å². The Bertz CT molecular complexity index is 866. The van der Waals surface area contributed by atoms with E-state index in [9.17, 15) is 14.3 Å². The van der Waals surface area contributed by atoms with Gasteiger partial charge in [0, 0.05) is 23.7 Å². The van der Waals surface area contributed by atoms with E-state index in [1.54, 1.807) is 13.8 Å². The summed E-state index contributed by atoms with van der Waals surface area (Å²) in [5, 5.41) is 13.8. The van der Waals surface area contributed by atoms with Crippen molar-refractivity contribution < 1.29 is 33.2 Å². The van der Waals surface area contributed by atoms with Crippen LogP contribution in [-0.4, -0.2) is 60.7 Å². The molecule has 2 heterocycles. The average molecular weight is 558 g/mol.